The van der Waals surface area contributed by atoms with Gasteiger partial charge in [0.15, 0.2) is 5.91 Å². The van der Waals surface area contributed by atoms with E-state index in [0.717, 1.165) is 18.9 Å². The highest BCUT2D eigenvalue weighted by Crippen LogP contribution is 2.35. The van der Waals surface area contributed by atoms with Crippen LogP contribution in [0.4, 0.5) is 0 Å². The summed E-state index contributed by atoms with van der Waals surface area (Å²) in [7, 11) is 0.277. The molecule has 1 saturated heterocycles. The molecular formula is C17H35NO3Si. The first-order valence-electron chi connectivity index (χ1n) is 8.68. The Morgan fingerprint density at radius 1 is 1.05 bits per heavy atom. The zero-order valence-electron chi connectivity index (χ0n) is 15.3. The van der Waals surface area contributed by atoms with Crippen LogP contribution in [0.25, 0.3) is 0 Å². The second kappa shape index (κ2) is 9.38. The third-order valence-electron chi connectivity index (χ3n) is 3.95. The molecule has 0 aromatic rings. The summed E-state index contributed by atoms with van der Waals surface area (Å²) in [6.45, 7) is 15.4. The van der Waals surface area contributed by atoms with E-state index in [9.17, 15) is 0 Å². The van der Waals surface area contributed by atoms with Crippen LogP contribution in [0.15, 0.2) is 0 Å². The van der Waals surface area contributed by atoms with E-state index in [1.54, 1.807) is 0 Å². The molecule has 1 N–H and O–H groups in total. The Labute approximate surface area is 139 Å². The smallest absolute Gasteiger partial charge is 0.299 e. The molecule has 2 radical (unpaired) electrons. The van der Waals surface area contributed by atoms with Gasteiger partial charge in [-0.15, -0.1) is 0 Å². The molecule has 0 spiro atoms. The van der Waals surface area contributed by atoms with Gasteiger partial charge in [-0.25, -0.2) is 0 Å². The molecule has 0 amide bonds. The first-order chi connectivity index (χ1) is 10.3. The lowest BCUT2D eigenvalue weighted by Crippen LogP contribution is -2.57. The van der Waals surface area contributed by atoms with Crippen LogP contribution in [0.2, 0.25) is 0 Å². The molecule has 0 atom stereocenters. The molecule has 5 heteroatoms. The van der Waals surface area contributed by atoms with E-state index in [2.05, 4.69) is 33.0 Å². The maximum absolute atomic E-state index is 5.76. The Hall–Kier alpha value is 0.0569. The van der Waals surface area contributed by atoms with Crippen LogP contribution in [0.1, 0.15) is 67.2 Å². The van der Waals surface area contributed by atoms with Gasteiger partial charge in [-0.3, -0.25) is 0 Å². The lowest BCUT2D eigenvalue weighted by molar-refractivity contribution is -0.0900. The Bertz CT molecular complexity index is 288. The van der Waals surface area contributed by atoms with E-state index in [4.69, 9.17) is 13.9 Å². The highest BCUT2D eigenvalue weighted by Gasteiger charge is 2.37. The standard InChI is InChI=1S/C17H35NO3Si/c1-7-19-15(20-8-2)22-21-11-9-10-14-12-16(3,4)18-17(5,6)13-14/h14-15,18H,7-13H2,1-6H3. The molecule has 0 aromatic heterocycles. The summed E-state index contributed by atoms with van der Waals surface area (Å²) in [5.41, 5.74) is 0.480. The third-order valence-corrected chi connectivity index (χ3v) is 4.85. The summed E-state index contributed by atoms with van der Waals surface area (Å²) in [6.07, 6.45) is 4.86. The Balaban J connectivity index is 2.21. The SMILES string of the molecule is CCOC(OCC)[Si]OCCCC1CC(C)(C)NC(C)(C)C1. The van der Waals surface area contributed by atoms with Gasteiger partial charge in [0.25, 0.3) is 9.76 Å². The molecule has 22 heavy (non-hydrogen) atoms. The van der Waals surface area contributed by atoms with E-state index in [1.807, 2.05) is 13.8 Å². The molecule has 0 saturated carbocycles. The lowest BCUT2D eigenvalue weighted by Gasteiger charge is -2.46. The van der Waals surface area contributed by atoms with E-state index < -0.39 is 0 Å². The van der Waals surface area contributed by atoms with Crippen molar-refractivity contribution in [1.82, 2.24) is 5.32 Å². The number of nitrogens with one attached hydrogen (secondary N) is 1. The first-order valence-corrected chi connectivity index (χ1v) is 9.66. The minimum Gasteiger partial charge on any atom is -0.412 e. The normalized spacial score (nSPS) is 21.4. The van der Waals surface area contributed by atoms with Crippen LogP contribution < -0.4 is 5.32 Å². The van der Waals surface area contributed by atoms with Crippen molar-refractivity contribution < 1.29 is 13.9 Å². The summed E-state index contributed by atoms with van der Waals surface area (Å²) < 4.78 is 16.7. The fraction of sp³-hybridized carbons (Fsp3) is 1.00. The van der Waals surface area contributed by atoms with Crippen molar-refractivity contribution in [2.75, 3.05) is 19.8 Å². The summed E-state index contributed by atoms with van der Waals surface area (Å²) in [5.74, 6) is 0.597. The average molecular weight is 330 g/mol. The van der Waals surface area contributed by atoms with E-state index >= 15 is 0 Å². The first kappa shape index (κ1) is 20.1. The Kier molecular flexibility index (Phi) is 8.57. The van der Waals surface area contributed by atoms with Crippen LogP contribution >= 0.6 is 0 Å². The fourth-order valence-electron chi connectivity index (χ4n) is 3.73. The Morgan fingerprint density at radius 3 is 2.09 bits per heavy atom. The van der Waals surface area contributed by atoms with E-state index in [0.29, 0.717) is 13.2 Å². The molecule has 1 heterocycles. The maximum atomic E-state index is 5.76. The van der Waals surface area contributed by atoms with Crippen molar-refractivity contribution in [3.63, 3.8) is 0 Å². The van der Waals surface area contributed by atoms with Gasteiger partial charge in [0.1, 0.15) is 0 Å². The van der Waals surface area contributed by atoms with Gasteiger partial charge in [-0.1, -0.05) is 0 Å². The molecule has 0 aliphatic carbocycles. The summed E-state index contributed by atoms with van der Waals surface area (Å²) in [6, 6.07) is 0. The second-order valence-corrected chi connectivity index (χ2v) is 8.51. The van der Waals surface area contributed by atoms with Crippen molar-refractivity contribution in [3.8, 4) is 0 Å². The minimum atomic E-state index is -0.188. The van der Waals surface area contributed by atoms with Crippen LogP contribution in [0, 0.1) is 5.92 Å². The van der Waals surface area contributed by atoms with Crippen molar-refractivity contribution in [1.29, 1.82) is 0 Å². The average Bonchev–Trinajstić information content (AvgIpc) is 2.35. The summed E-state index contributed by atoms with van der Waals surface area (Å²) in [5, 5.41) is 3.74. The van der Waals surface area contributed by atoms with Crippen molar-refractivity contribution in [2.24, 2.45) is 5.92 Å². The quantitative estimate of drug-likeness (QED) is 0.379. The fourth-order valence-corrected chi connectivity index (χ4v) is 4.60. The monoisotopic (exact) mass is 329 g/mol. The number of hydrogen-bond acceptors (Lipinski definition) is 4. The van der Waals surface area contributed by atoms with E-state index in [-0.39, 0.29) is 26.8 Å². The van der Waals surface area contributed by atoms with Gasteiger partial charge < -0.3 is 19.2 Å². The van der Waals surface area contributed by atoms with Crippen molar-refractivity contribution in [2.45, 2.75) is 84.2 Å². The van der Waals surface area contributed by atoms with Gasteiger partial charge in [-0.05, 0) is 73.1 Å². The van der Waals surface area contributed by atoms with Gasteiger partial charge >= 0.3 is 0 Å². The lowest BCUT2D eigenvalue weighted by atomic mass is 9.74. The zero-order chi connectivity index (χ0) is 16.6. The highest BCUT2D eigenvalue weighted by atomic mass is 28.2. The number of hydrogen-bond donors (Lipinski definition) is 1. The maximum Gasteiger partial charge on any atom is 0.299 e. The molecule has 1 fully saturated rings. The summed E-state index contributed by atoms with van der Waals surface area (Å²) >= 11 is 0. The van der Waals surface area contributed by atoms with Gasteiger partial charge in [-0.2, -0.15) is 0 Å². The molecule has 0 unspecified atom stereocenters. The second-order valence-electron chi connectivity index (χ2n) is 7.52. The van der Waals surface area contributed by atoms with E-state index in [1.165, 1.54) is 19.3 Å². The van der Waals surface area contributed by atoms with Gasteiger partial charge in [0.05, 0.1) is 0 Å². The van der Waals surface area contributed by atoms with Crippen LogP contribution in [0.5, 0.6) is 0 Å². The van der Waals surface area contributed by atoms with Crippen molar-refractivity contribution >= 4 is 9.76 Å². The topological polar surface area (TPSA) is 39.7 Å². The molecule has 1 aliphatic heterocycles. The number of piperidine rings is 1. The highest BCUT2D eigenvalue weighted by molar-refractivity contribution is 6.28. The molecule has 0 bridgehead atoms. The molecule has 130 valence electrons. The van der Waals surface area contributed by atoms with Crippen molar-refractivity contribution in [3.05, 3.63) is 0 Å². The predicted octanol–water partition coefficient (Wildman–Crippen LogP) is 3.32. The van der Waals surface area contributed by atoms with Crippen LogP contribution in [-0.4, -0.2) is 46.6 Å². The molecule has 1 aliphatic rings. The third kappa shape index (κ3) is 8.06. The Morgan fingerprint density at radius 2 is 1.59 bits per heavy atom. The zero-order valence-corrected chi connectivity index (χ0v) is 16.3. The van der Waals surface area contributed by atoms with Crippen LogP contribution in [-0.2, 0) is 13.9 Å². The van der Waals surface area contributed by atoms with Crippen LogP contribution in [0.3, 0.4) is 0 Å². The molecule has 0 aromatic carbocycles. The number of rotatable bonds is 10. The molecular weight excluding hydrogens is 294 g/mol. The molecule has 4 nitrogen and oxygen atoms in total. The number of ether oxygens (including phenoxy) is 2. The molecule has 1 rings (SSSR count). The largest absolute Gasteiger partial charge is 0.412 e. The predicted molar refractivity (Wildman–Crippen MR) is 92.0 cm³/mol. The van der Waals surface area contributed by atoms with Gasteiger partial charge in [0, 0.05) is 30.9 Å². The van der Waals surface area contributed by atoms with Gasteiger partial charge in [0.2, 0.25) is 0 Å². The minimum absolute atomic E-state index is 0.188. The summed E-state index contributed by atoms with van der Waals surface area (Å²) in [4.78, 5) is 0.